The number of carbonyl (C=O) groups is 1. The highest BCUT2D eigenvalue weighted by molar-refractivity contribution is 7.80. The van der Waals surface area contributed by atoms with Crippen molar-refractivity contribution in [3.8, 4) is 0 Å². The number of ether oxygens (including phenoxy) is 1. The molecule has 0 radical (unpaired) electrons. The Hall–Kier alpha value is -0.680. The molecule has 1 fully saturated rings. The van der Waals surface area contributed by atoms with E-state index >= 15 is 0 Å². The molecule has 1 aliphatic carbocycles. The Morgan fingerprint density at radius 3 is 2.56 bits per heavy atom. The maximum Gasteiger partial charge on any atom is 0.233 e. The number of rotatable bonds is 6. The van der Waals surface area contributed by atoms with E-state index < -0.39 is 5.41 Å². The SMILES string of the molecule is COCCC(C)NC(=O)C1(C(N)=S)CCCCC1. The molecule has 0 aromatic rings. The van der Waals surface area contributed by atoms with Crippen LogP contribution in [0.4, 0.5) is 0 Å². The van der Waals surface area contributed by atoms with Crippen LogP contribution in [0.5, 0.6) is 0 Å². The summed E-state index contributed by atoms with van der Waals surface area (Å²) < 4.78 is 5.01. The van der Waals surface area contributed by atoms with Crippen LogP contribution in [0, 0.1) is 5.41 Å². The molecule has 1 rings (SSSR count). The van der Waals surface area contributed by atoms with Crippen molar-refractivity contribution >= 4 is 23.1 Å². The molecule has 1 amide bonds. The zero-order valence-corrected chi connectivity index (χ0v) is 12.1. The van der Waals surface area contributed by atoms with Crippen molar-refractivity contribution in [2.45, 2.75) is 51.5 Å². The van der Waals surface area contributed by atoms with Crippen molar-refractivity contribution in [3.63, 3.8) is 0 Å². The van der Waals surface area contributed by atoms with Crippen molar-refractivity contribution in [1.29, 1.82) is 0 Å². The lowest BCUT2D eigenvalue weighted by Gasteiger charge is -2.35. The fraction of sp³-hybridized carbons (Fsp3) is 0.846. The van der Waals surface area contributed by atoms with E-state index in [1.165, 1.54) is 0 Å². The van der Waals surface area contributed by atoms with Gasteiger partial charge in [0.05, 0.1) is 10.4 Å². The van der Waals surface area contributed by atoms with Crippen LogP contribution in [-0.4, -0.2) is 30.7 Å². The molecule has 0 aliphatic heterocycles. The van der Waals surface area contributed by atoms with Gasteiger partial charge in [-0.15, -0.1) is 0 Å². The third-order valence-electron chi connectivity index (χ3n) is 3.75. The number of amides is 1. The van der Waals surface area contributed by atoms with Crippen LogP contribution in [0.2, 0.25) is 0 Å². The minimum absolute atomic E-state index is 0.00157. The smallest absolute Gasteiger partial charge is 0.233 e. The first kappa shape index (κ1) is 15.4. The van der Waals surface area contributed by atoms with Gasteiger partial charge in [-0.05, 0) is 26.2 Å². The van der Waals surface area contributed by atoms with Gasteiger partial charge in [-0.3, -0.25) is 4.79 Å². The second-order valence-electron chi connectivity index (χ2n) is 5.16. The summed E-state index contributed by atoms with van der Waals surface area (Å²) in [7, 11) is 1.66. The van der Waals surface area contributed by atoms with Gasteiger partial charge in [0.2, 0.25) is 5.91 Å². The van der Waals surface area contributed by atoms with E-state index in [0.717, 1.165) is 38.5 Å². The standard InChI is InChI=1S/C13H24N2O2S/c1-10(6-9-17-2)15-12(16)13(11(14)18)7-4-3-5-8-13/h10H,3-9H2,1-2H3,(H2,14,18)(H,15,16). The van der Waals surface area contributed by atoms with Crippen LogP contribution >= 0.6 is 12.2 Å². The molecule has 18 heavy (non-hydrogen) atoms. The molecule has 0 bridgehead atoms. The van der Waals surface area contributed by atoms with E-state index in [1.54, 1.807) is 7.11 Å². The van der Waals surface area contributed by atoms with Crippen LogP contribution in [0.3, 0.4) is 0 Å². The third-order valence-corrected chi connectivity index (χ3v) is 4.14. The minimum atomic E-state index is -0.616. The van der Waals surface area contributed by atoms with E-state index in [0.29, 0.717) is 11.6 Å². The third kappa shape index (κ3) is 3.65. The summed E-state index contributed by atoms with van der Waals surface area (Å²) in [5.74, 6) is -0.00157. The highest BCUT2D eigenvalue weighted by atomic mass is 32.1. The average Bonchev–Trinajstić information content (AvgIpc) is 2.36. The Morgan fingerprint density at radius 2 is 2.06 bits per heavy atom. The summed E-state index contributed by atoms with van der Waals surface area (Å²) in [5, 5.41) is 3.02. The fourth-order valence-electron chi connectivity index (χ4n) is 2.47. The first-order valence-electron chi connectivity index (χ1n) is 6.63. The molecule has 5 heteroatoms. The quantitative estimate of drug-likeness (QED) is 0.723. The summed E-state index contributed by atoms with van der Waals surface area (Å²) >= 11 is 5.14. The summed E-state index contributed by atoms with van der Waals surface area (Å²) in [5.41, 5.74) is 5.21. The first-order chi connectivity index (χ1) is 8.53. The number of methoxy groups -OCH3 is 1. The normalized spacial score (nSPS) is 20.1. The zero-order valence-electron chi connectivity index (χ0n) is 11.3. The number of thiocarbonyl (C=S) groups is 1. The highest BCUT2D eigenvalue weighted by Crippen LogP contribution is 2.37. The molecule has 0 spiro atoms. The molecule has 0 aromatic carbocycles. The predicted molar refractivity (Wildman–Crippen MR) is 76.4 cm³/mol. The topological polar surface area (TPSA) is 64.3 Å². The summed E-state index contributed by atoms with van der Waals surface area (Å²) in [6.45, 7) is 2.62. The molecule has 1 unspecified atom stereocenters. The highest BCUT2D eigenvalue weighted by Gasteiger charge is 2.42. The van der Waals surface area contributed by atoms with Gasteiger partial charge in [-0.2, -0.15) is 0 Å². The lowest BCUT2D eigenvalue weighted by molar-refractivity contribution is -0.129. The van der Waals surface area contributed by atoms with Gasteiger partial charge in [0.15, 0.2) is 0 Å². The second kappa shape index (κ2) is 7.04. The fourth-order valence-corrected chi connectivity index (χ4v) is 2.77. The largest absolute Gasteiger partial charge is 0.392 e. The number of hydrogen-bond donors (Lipinski definition) is 2. The maximum atomic E-state index is 12.4. The Labute approximate surface area is 115 Å². The van der Waals surface area contributed by atoms with Crippen LogP contribution < -0.4 is 11.1 Å². The molecular weight excluding hydrogens is 248 g/mol. The number of hydrogen-bond acceptors (Lipinski definition) is 3. The number of nitrogens with one attached hydrogen (secondary N) is 1. The molecule has 0 heterocycles. The lowest BCUT2D eigenvalue weighted by atomic mass is 9.73. The molecule has 1 saturated carbocycles. The van der Waals surface area contributed by atoms with E-state index in [1.807, 2.05) is 6.92 Å². The Morgan fingerprint density at radius 1 is 1.44 bits per heavy atom. The van der Waals surface area contributed by atoms with E-state index in [9.17, 15) is 4.79 Å². The van der Waals surface area contributed by atoms with Crippen molar-refractivity contribution in [1.82, 2.24) is 5.32 Å². The Bertz CT molecular complexity index is 301. The monoisotopic (exact) mass is 272 g/mol. The Balaban J connectivity index is 2.63. The summed E-state index contributed by atoms with van der Waals surface area (Å²) in [6.07, 6.45) is 5.58. The average molecular weight is 272 g/mol. The van der Waals surface area contributed by atoms with Crippen LogP contribution in [0.15, 0.2) is 0 Å². The van der Waals surface area contributed by atoms with Crippen LogP contribution in [0.1, 0.15) is 45.4 Å². The van der Waals surface area contributed by atoms with E-state index in [-0.39, 0.29) is 11.9 Å². The van der Waals surface area contributed by atoms with Crippen molar-refractivity contribution < 1.29 is 9.53 Å². The van der Waals surface area contributed by atoms with Crippen molar-refractivity contribution in [2.75, 3.05) is 13.7 Å². The second-order valence-corrected chi connectivity index (χ2v) is 5.60. The van der Waals surface area contributed by atoms with E-state index in [2.05, 4.69) is 5.32 Å². The lowest BCUT2D eigenvalue weighted by Crippen LogP contribution is -2.52. The van der Waals surface area contributed by atoms with Crippen molar-refractivity contribution in [3.05, 3.63) is 0 Å². The van der Waals surface area contributed by atoms with E-state index in [4.69, 9.17) is 22.7 Å². The van der Waals surface area contributed by atoms with Gasteiger partial charge in [-0.25, -0.2) is 0 Å². The Kier molecular flexibility index (Phi) is 6.02. The molecule has 1 aliphatic rings. The van der Waals surface area contributed by atoms with Gasteiger partial charge in [-0.1, -0.05) is 31.5 Å². The molecule has 104 valence electrons. The number of nitrogens with two attached hydrogens (primary N) is 1. The van der Waals surface area contributed by atoms with Crippen LogP contribution in [-0.2, 0) is 9.53 Å². The van der Waals surface area contributed by atoms with Gasteiger partial charge in [0.25, 0.3) is 0 Å². The molecule has 0 saturated heterocycles. The number of carbonyl (C=O) groups excluding carboxylic acids is 1. The zero-order chi connectivity index (χ0) is 13.6. The molecule has 3 N–H and O–H groups in total. The van der Waals surface area contributed by atoms with Gasteiger partial charge < -0.3 is 15.8 Å². The van der Waals surface area contributed by atoms with Crippen molar-refractivity contribution in [2.24, 2.45) is 11.1 Å². The minimum Gasteiger partial charge on any atom is -0.392 e. The van der Waals surface area contributed by atoms with Gasteiger partial charge >= 0.3 is 0 Å². The first-order valence-corrected chi connectivity index (χ1v) is 7.03. The predicted octanol–water partition coefficient (Wildman–Crippen LogP) is 1.76. The van der Waals surface area contributed by atoms with Gasteiger partial charge in [0.1, 0.15) is 0 Å². The maximum absolute atomic E-state index is 12.4. The van der Waals surface area contributed by atoms with Gasteiger partial charge in [0, 0.05) is 19.8 Å². The molecule has 1 atom stereocenters. The molecular formula is C13H24N2O2S. The summed E-state index contributed by atoms with van der Waals surface area (Å²) in [4.78, 5) is 12.8. The van der Waals surface area contributed by atoms with Crippen LogP contribution in [0.25, 0.3) is 0 Å². The molecule has 4 nitrogen and oxygen atoms in total. The molecule has 0 aromatic heterocycles. The summed E-state index contributed by atoms with van der Waals surface area (Å²) in [6, 6.07) is 0.0885.